The van der Waals surface area contributed by atoms with Crippen molar-refractivity contribution in [3.63, 3.8) is 0 Å². The molecule has 0 saturated carbocycles. The van der Waals surface area contributed by atoms with E-state index in [4.69, 9.17) is 0 Å². The summed E-state index contributed by atoms with van der Waals surface area (Å²) in [4.78, 5) is 14.3. The summed E-state index contributed by atoms with van der Waals surface area (Å²) in [6.07, 6.45) is 4.23. The van der Waals surface area contributed by atoms with E-state index in [9.17, 15) is 4.79 Å². The van der Waals surface area contributed by atoms with Gasteiger partial charge in [0, 0.05) is 19.5 Å². The Kier molecular flexibility index (Phi) is 4.31. The summed E-state index contributed by atoms with van der Waals surface area (Å²) in [5, 5.41) is 3.39. The van der Waals surface area contributed by atoms with Crippen molar-refractivity contribution in [2.75, 3.05) is 26.2 Å². The van der Waals surface area contributed by atoms with Gasteiger partial charge in [-0.3, -0.25) is 4.79 Å². The second-order valence-corrected chi connectivity index (χ2v) is 7.09. The summed E-state index contributed by atoms with van der Waals surface area (Å²) in [6.45, 7) is 11.1. The second-order valence-electron chi connectivity index (χ2n) is 7.09. The van der Waals surface area contributed by atoms with Crippen LogP contribution in [0.15, 0.2) is 0 Å². The molecular weight excluding hydrogens is 224 g/mol. The van der Waals surface area contributed by atoms with Gasteiger partial charge in [0.05, 0.1) is 0 Å². The number of amides is 1. The van der Waals surface area contributed by atoms with Crippen molar-refractivity contribution in [2.24, 2.45) is 17.3 Å². The summed E-state index contributed by atoms with van der Waals surface area (Å²) in [7, 11) is 0. The van der Waals surface area contributed by atoms with Crippen LogP contribution in [-0.2, 0) is 4.79 Å². The highest BCUT2D eigenvalue weighted by molar-refractivity contribution is 5.76. The Bertz CT molecular complexity index is 289. The van der Waals surface area contributed by atoms with Crippen molar-refractivity contribution < 1.29 is 4.79 Å². The maximum Gasteiger partial charge on any atom is 0.222 e. The lowest BCUT2D eigenvalue weighted by atomic mass is 9.77. The lowest BCUT2D eigenvalue weighted by Crippen LogP contribution is -2.35. The number of likely N-dealkylation sites (tertiary alicyclic amines) is 1. The SMILES string of the molecule is CC(C)(C)C1CCC(=O)N(CC2CCNC2)CC1. The van der Waals surface area contributed by atoms with Crippen LogP contribution in [0.2, 0.25) is 0 Å². The molecule has 3 nitrogen and oxygen atoms in total. The first-order valence-electron chi connectivity index (χ1n) is 7.45. The van der Waals surface area contributed by atoms with E-state index in [0.717, 1.165) is 39.0 Å². The first kappa shape index (κ1) is 13.9. The maximum atomic E-state index is 12.2. The fraction of sp³-hybridized carbons (Fsp3) is 0.933. The number of carbonyl (C=O) groups excluding carboxylic acids is 1. The molecule has 3 heteroatoms. The van der Waals surface area contributed by atoms with Gasteiger partial charge in [0.25, 0.3) is 0 Å². The molecule has 2 aliphatic rings. The zero-order valence-corrected chi connectivity index (χ0v) is 12.2. The minimum atomic E-state index is 0.338. The van der Waals surface area contributed by atoms with Gasteiger partial charge >= 0.3 is 0 Å². The van der Waals surface area contributed by atoms with E-state index in [0.29, 0.717) is 23.2 Å². The number of nitrogens with one attached hydrogen (secondary N) is 1. The summed E-state index contributed by atoms with van der Waals surface area (Å²) < 4.78 is 0. The highest BCUT2D eigenvalue weighted by atomic mass is 16.2. The fourth-order valence-corrected chi connectivity index (χ4v) is 3.28. The van der Waals surface area contributed by atoms with Gasteiger partial charge in [0.15, 0.2) is 0 Å². The molecule has 0 spiro atoms. The average molecular weight is 252 g/mol. The third kappa shape index (κ3) is 3.47. The first-order chi connectivity index (χ1) is 8.47. The molecule has 18 heavy (non-hydrogen) atoms. The predicted molar refractivity (Wildman–Crippen MR) is 74.4 cm³/mol. The van der Waals surface area contributed by atoms with E-state index in [1.807, 2.05) is 0 Å². The van der Waals surface area contributed by atoms with Crippen LogP contribution in [0.1, 0.15) is 46.5 Å². The van der Waals surface area contributed by atoms with Crippen LogP contribution in [0, 0.1) is 17.3 Å². The van der Waals surface area contributed by atoms with Crippen LogP contribution in [0.25, 0.3) is 0 Å². The molecule has 0 aliphatic carbocycles. The Hall–Kier alpha value is -0.570. The lowest BCUT2D eigenvalue weighted by Gasteiger charge is -2.30. The average Bonchev–Trinajstić information content (AvgIpc) is 2.70. The Morgan fingerprint density at radius 1 is 1.28 bits per heavy atom. The first-order valence-corrected chi connectivity index (χ1v) is 7.45. The Morgan fingerprint density at radius 3 is 2.67 bits per heavy atom. The molecule has 2 saturated heterocycles. The monoisotopic (exact) mass is 252 g/mol. The van der Waals surface area contributed by atoms with E-state index in [2.05, 4.69) is 31.0 Å². The molecule has 0 aromatic rings. The van der Waals surface area contributed by atoms with Crippen LogP contribution >= 0.6 is 0 Å². The van der Waals surface area contributed by atoms with Crippen molar-refractivity contribution >= 4 is 5.91 Å². The quantitative estimate of drug-likeness (QED) is 0.817. The summed E-state index contributed by atoms with van der Waals surface area (Å²) in [5.41, 5.74) is 0.338. The minimum absolute atomic E-state index is 0.338. The molecule has 0 aromatic heterocycles. The van der Waals surface area contributed by atoms with Crippen LogP contribution in [0.5, 0.6) is 0 Å². The van der Waals surface area contributed by atoms with Gasteiger partial charge in [0.1, 0.15) is 0 Å². The molecule has 2 rings (SSSR count). The third-order valence-electron chi connectivity index (χ3n) is 4.67. The molecule has 0 aromatic carbocycles. The van der Waals surface area contributed by atoms with Crippen molar-refractivity contribution in [3.05, 3.63) is 0 Å². The molecule has 104 valence electrons. The van der Waals surface area contributed by atoms with Crippen LogP contribution in [0.3, 0.4) is 0 Å². The second kappa shape index (κ2) is 5.60. The van der Waals surface area contributed by atoms with Crippen molar-refractivity contribution in [2.45, 2.75) is 46.5 Å². The number of rotatable bonds is 2. The molecule has 1 N–H and O–H groups in total. The van der Waals surface area contributed by atoms with Crippen LogP contribution in [0.4, 0.5) is 0 Å². The van der Waals surface area contributed by atoms with Crippen LogP contribution < -0.4 is 5.32 Å². The Morgan fingerprint density at radius 2 is 2.06 bits per heavy atom. The maximum absolute atomic E-state index is 12.2. The Balaban J connectivity index is 1.90. The molecule has 2 heterocycles. The van der Waals surface area contributed by atoms with Gasteiger partial charge < -0.3 is 10.2 Å². The number of carbonyl (C=O) groups is 1. The van der Waals surface area contributed by atoms with Gasteiger partial charge in [-0.1, -0.05) is 20.8 Å². The third-order valence-corrected chi connectivity index (χ3v) is 4.67. The lowest BCUT2D eigenvalue weighted by molar-refractivity contribution is -0.131. The fourth-order valence-electron chi connectivity index (χ4n) is 3.28. The van der Waals surface area contributed by atoms with Crippen LogP contribution in [-0.4, -0.2) is 37.0 Å². The molecule has 2 aliphatic heterocycles. The van der Waals surface area contributed by atoms with Gasteiger partial charge in [-0.05, 0) is 49.6 Å². The van der Waals surface area contributed by atoms with Crippen molar-refractivity contribution in [3.8, 4) is 0 Å². The predicted octanol–water partition coefficient (Wildman–Crippen LogP) is 2.27. The smallest absolute Gasteiger partial charge is 0.222 e. The highest BCUT2D eigenvalue weighted by Crippen LogP contribution is 2.34. The molecule has 1 amide bonds. The molecule has 2 unspecified atom stereocenters. The van der Waals surface area contributed by atoms with E-state index in [-0.39, 0.29) is 0 Å². The van der Waals surface area contributed by atoms with E-state index in [1.54, 1.807) is 0 Å². The van der Waals surface area contributed by atoms with Gasteiger partial charge in [-0.15, -0.1) is 0 Å². The van der Waals surface area contributed by atoms with Gasteiger partial charge in [-0.2, -0.15) is 0 Å². The number of nitrogens with zero attached hydrogens (tertiary/aromatic N) is 1. The number of hydrogen-bond donors (Lipinski definition) is 1. The molecule has 0 radical (unpaired) electrons. The Labute approximate surface area is 111 Å². The molecule has 2 fully saturated rings. The summed E-state index contributed by atoms with van der Waals surface area (Å²) >= 11 is 0. The zero-order valence-electron chi connectivity index (χ0n) is 12.2. The van der Waals surface area contributed by atoms with E-state index in [1.165, 1.54) is 12.8 Å². The molecular formula is C15H28N2O. The normalized spacial score (nSPS) is 30.6. The highest BCUT2D eigenvalue weighted by Gasteiger charge is 2.31. The number of hydrogen-bond acceptors (Lipinski definition) is 2. The standard InChI is InChI=1S/C15H28N2O/c1-15(2,3)13-4-5-14(18)17(9-7-13)11-12-6-8-16-10-12/h12-13,16H,4-11H2,1-3H3. The largest absolute Gasteiger partial charge is 0.342 e. The van der Waals surface area contributed by atoms with Crippen molar-refractivity contribution in [1.82, 2.24) is 10.2 Å². The topological polar surface area (TPSA) is 32.3 Å². The zero-order chi connectivity index (χ0) is 13.2. The van der Waals surface area contributed by atoms with E-state index < -0.39 is 0 Å². The summed E-state index contributed by atoms with van der Waals surface area (Å²) in [6, 6.07) is 0. The van der Waals surface area contributed by atoms with Gasteiger partial charge in [-0.25, -0.2) is 0 Å². The summed E-state index contributed by atoms with van der Waals surface area (Å²) in [5.74, 6) is 1.75. The minimum Gasteiger partial charge on any atom is -0.342 e. The molecule has 2 atom stereocenters. The van der Waals surface area contributed by atoms with Crippen molar-refractivity contribution in [1.29, 1.82) is 0 Å². The molecule has 0 bridgehead atoms. The van der Waals surface area contributed by atoms with E-state index >= 15 is 0 Å². The van der Waals surface area contributed by atoms with Gasteiger partial charge in [0.2, 0.25) is 5.91 Å².